The number of hydrogen-bond donors (Lipinski definition) is 0. The molecule has 1 saturated heterocycles. The van der Waals surface area contributed by atoms with Gasteiger partial charge >= 0.3 is 0 Å². The van der Waals surface area contributed by atoms with Gasteiger partial charge in [-0.05, 0) is 37.8 Å². The molecule has 0 radical (unpaired) electrons. The SMILES string of the molecule is CCc1nc2ccccc2c(N2CCC(n3cncn3)CC2)c1C. The van der Waals surface area contributed by atoms with Crippen molar-refractivity contribution in [1.29, 1.82) is 0 Å². The van der Waals surface area contributed by atoms with Crippen molar-refractivity contribution < 1.29 is 0 Å². The molecule has 0 aliphatic carbocycles. The molecule has 3 aromatic rings. The fourth-order valence-corrected chi connectivity index (χ4v) is 3.85. The number of fused-ring (bicyclic) bond motifs is 1. The van der Waals surface area contributed by atoms with Crippen LogP contribution in [0.5, 0.6) is 0 Å². The number of aryl methyl sites for hydroxylation is 1. The maximum absolute atomic E-state index is 4.86. The third-order valence-electron chi connectivity index (χ3n) is 5.13. The van der Waals surface area contributed by atoms with Gasteiger partial charge in [-0.1, -0.05) is 25.1 Å². The third-order valence-corrected chi connectivity index (χ3v) is 5.13. The van der Waals surface area contributed by atoms with Crippen molar-refractivity contribution in [2.45, 2.75) is 39.2 Å². The summed E-state index contributed by atoms with van der Waals surface area (Å²) in [7, 11) is 0. The Balaban J connectivity index is 1.68. The molecular weight excluding hydrogens is 298 g/mol. The number of benzene rings is 1. The average molecular weight is 321 g/mol. The van der Waals surface area contributed by atoms with Crippen molar-refractivity contribution in [1.82, 2.24) is 19.7 Å². The Morgan fingerprint density at radius 3 is 2.67 bits per heavy atom. The highest BCUT2D eigenvalue weighted by molar-refractivity contribution is 5.94. The lowest BCUT2D eigenvalue weighted by molar-refractivity contribution is 0.366. The zero-order valence-corrected chi connectivity index (χ0v) is 14.3. The molecule has 0 saturated carbocycles. The number of rotatable bonds is 3. The van der Waals surface area contributed by atoms with Gasteiger partial charge < -0.3 is 4.90 Å². The quantitative estimate of drug-likeness (QED) is 0.740. The first-order valence-corrected chi connectivity index (χ1v) is 8.75. The Bertz CT molecular complexity index is 832. The van der Waals surface area contributed by atoms with Gasteiger partial charge in [-0.3, -0.25) is 4.98 Å². The molecule has 1 aliphatic heterocycles. The van der Waals surface area contributed by atoms with Crippen molar-refractivity contribution in [2.75, 3.05) is 18.0 Å². The van der Waals surface area contributed by atoms with Gasteiger partial charge in [0.25, 0.3) is 0 Å². The summed E-state index contributed by atoms with van der Waals surface area (Å²) < 4.78 is 2.01. The Labute approximate surface area is 142 Å². The van der Waals surface area contributed by atoms with E-state index in [9.17, 15) is 0 Å². The highest BCUT2D eigenvalue weighted by atomic mass is 15.3. The van der Waals surface area contributed by atoms with Gasteiger partial charge in [-0.15, -0.1) is 0 Å². The van der Waals surface area contributed by atoms with Gasteiger partial charge in [0.2, 0.25) is 0 Å². The van der Waals surface area contributed by atoms with Crippen LogP contribution in [-0.2, 0) is 6.42 Å². The highest BCUT2D eigenvalue weighted by Crippen LogP contribution is 2.34. The van der Waals surface area contributed by atoms with Crippen molar-refractivity contribution in [3.8, 4) is 0 Å². The molecule has 24 heavy (non-hydrogen) atoms. The van der Waals surface area contributed by atoms with E-state index < -0.39 is 0 Å². The first-order valence-electron chi connectivity index (χ1n) is 8.75. The standard InChI is InChI=1S/C19H23N5/c1-3-17-14(2)19(16-6-4-5-7-18(16)22-17)23-10-8-15(9-11-23)24-13-20-12-21-24/h4-7,12-13,15H,3,8-11H2,1-2H3. The van der Waals surface area contributed by atoms with Gasteiger partial charge in [-0.25, -0.2) is 9.67 Å². The molecule has 2 aromatic heterocycles. The number of piperidine rings is 1. The molecule has 0 unspecified atom stereocenters. The number of anilines is 1. The molecule has 0 spiro atoms. The van der Waals surface area contributed by atoms with Crippen LogP contribution in [0.15, 0.2) is 36.9 Å². The van der Waals surface area contributed by atoms with Crippen LogP contribution in [0.2, 0.25) is 0 Å². The molecule has 1 aromatic carbocycles. The molecule has 4 rings (SSSR count). The predicted octanol–water partition coefficient (Wildman–Crippen LogP) is 3.54. The Hall–Kier alpha value is -2.43. The lowest BCUT2D eigenvalue weighted by atomic mass is 10.00. The second-order valence-corrected chi connectivity index (χ2v) is 6.50. The number of nitrogens with zero attached hydrogens (tertiary/aromatic N) is 5. The van der Waals surface area contributed by atoms with Gasteiger partial charge in [0, 0.05) is 24.2 Å². The molecule has 0 atom stereocenters. The van der Waals surface area contributed by atoms with E-state index in [1.54, 1.807) is 6.33 Å². The normalized spacial score (nSPS) is 16.0. The van der Waals surface area contributed by atoms with E-state index in [0.29, 0.717) is 6.04 Å². The van der Waals surface area contributed by atoms with Crippen LogP contribution in [-0.4, -0.2) is 32.8 Å². The van der Waals surface area contributed by atoms with Gasteiger partial charge in [0.1, 0.15) is 12.7 Å². The summed E-state index contributed by atoms with van der Waals surface area (Å²) in [6.45, 7) is 6.49. The minimum atomic E-state index is 0.461. The summed E-state index contributed by atoms with van der Waals surface area (Å²) in [6.07, 6.45) is 6.63. The third kappa shape index (κ3) is 2.54. The molecule has 5 heteroatoms. The van der Waals surface area contributed by atoms with Crippen molar-refractivity contribution in [3.05, 3.63) is 48.2 Å². The van der Waals surface area contributed by atoms with Gasteiger partial charge in [0.05, 0.1) is 17.2 Å². The van der Waals surface area contributed by atoms with E-state index >= 15 is 0 Å². The lowest BCUT2D eigenvalue weighted by Gasteiger charge is -2.35. The number of para-hydroxylation sites is 1. The van der Waals surface area contributed by atoms with E-state index in [-0.39, 0.29) is 0 Å². The Morgan fingerprint density at radius 1 is 1.17 bits per heavy atom. The Morgan fingerprint density at radius 2 is 1.96 bits per heavy atom. The van der Waals surface area contributed by atoms with Crippen molar-refractivity contribution >= 4 is 16.6 Å². The minimum Gasteiger partial charge on any atom is -0.371 e. The molecule has 1 aliphatic rings. The second kappa shape index (κ2) is 6.23. The van der Waals surface area contributed by atoms with Crippen LogP contribution >= 0.6 is 0 Å². The summed E-state index contributed by atoms with van der Waals surface area (Å²) >= 11 is 0. The number of aromatic nitrogens is 4. The maximum Gasteiger partial charge on any atom is 0.137 e. The zero-order valence-electron chi connectivity index (χ0n) is 14.3. The summed E-state index contributed by atoms with van der Waals surface area (Å²) in [5.74, 6) is 0. The van der Waals surface area contributed by atoms with Crippen LogP contribution in [0, 0.1) is 6.92 Å². The molecule has 0 bridgehead atoms. The van der Waals surface area contributed by atoms with Gasteiger partial charge in [0.15, 0.2) is 0 Å². The maximum atomic E-state index is 4.86. The topological polar surface area (TPSA) is 46.8 Å². The van der Waals surface area contributed by atoms with Crippen LogP contribution in [0.1, 0.15) is 37.1 Å². The minimum absolute atomic E-state index is 0.461. The predicted molar refractivity (Wildman–Crippen MR) is 96.4 cm³/mol. The van der Waals surface area contributed by atoms with E-state index in [2.05, 4.69) is 53.1 Å². The zero-order chi connectivity index (χ0) is 16.5. The summed E-state index contributed by atoms with van der Waals surface area (Å²) in [5, 5.41) is 5.58. The number of pyridine rings is 1. The second-order valence-electron chi connectivity index (χ2n) is 6.50. The smallest absolute Gasteiger partial charge is 0.137 e. The van der Waals surface area contributed by atoms with Crippen LogP contribution in [0.3, 0.4) is 0 Å². The molecule has 3 heterocycles. The largest absolute Gasteiger partial charge is 0.371 e. The lowest BCUT2D eigenvalue weighted by Crippen LogP contribution is -2.35. The van der Waals surface area contributed by atoms with E-state index in [0.717, 1.165) is 37.9 Å². The summed E-state index contributed by atoms with van der Waals surface area (Å²) in [4.78, 5) is 11.5. The molecule has 124 valence electrons. The van der Waals surface area contributed by atoms with Crippen molar-refractivity contribution in [2.24, 2.45) is 0 Å². The summed E-state index contributed by atoms with van der Waals surface area (Å²) in [5.41, 5.74) is 5.01. The summed E-state index contributed by atoms with van der Waals surface area (Å²) in [6, 6.07) is 8.97. The molecular formula is C19H23N5. The first kappa shape index (κ1) is 15.1. The monoisotopic (exact) mass is 321 g/mol. The number of hydrogen-bond acceptors (Lipinski definition) is 4. The van der Waals surface area contributed by atoms with Crippen LogP contribution in [0.4, 0.5) is 5.69 Å². The molecule has 1 fully saturated rings. The Kier molecular flexibility index (Phi) is 3.92. The van der Waals surface area contributed by atoms with Crippen LogP contribution in [0.25, 0.3) is 10.9 Å². The fraction of sp³-hybridized carbons (Fsp3) is 0.421. The van der Waals surface area contributed by atoms with Crippen molar-refractivity contribution in [3.63, 3.8) is 0 Å². The molecule has 5 nitrogen and oxygen atoms in total. The van der Waals surface area contributed by atoms with Gasteiger partial charge in [-0.2, -0.15) is 5.10 Å². The van der Waals surface area contributed by atoms with E-state index in [4.69, 9.17) is 4.98 Å². The molecule has 0 amide bonds. The van der Waals surface area contributed by atoms with Crippen LogP contribution < -0.4 is 4.90 Å². The fourth-order valence-electron chi connectivity index (χ4n) is 3.85. The van der Waals surface area contributed by atoms with E-state index in [1.165, 1.54) is 22.3 Å². The first-order chi connectivity index (χ1) is 11.8. The average Bonchev–Trinajstić information content (AvgIpc) is 3.16. The highest BCUT2D eigenvalue weighted by Gasteiger charge is 2.24. The van der Waals surface area contributed by atoms with E-state index in [1.807, 2.05) is 11.0 Å². The molecule has 0 N–H and O–H groups in total.